The maximum absolute atomic E-state index is 12.4. The molecule has 1 aromatic rings. The molecule has 0 saturated carbocycles. The molecule has 1 aromatic carbocycles. The maximum Gasteiger partial charge on any atom is 0.295 e. The topological polar surface area (TPSA) is 141 Å². The van der Waals surface area contributed by atoms with E-state index in [1.807, 2.05) is 0 Å². The normalized spacial score (nSPS) is 13.5. The van der Waals surface area contributed by atoms with E-state index < -0.39 is 52.5 Å². The van der Waals surface area contributed by atoms with Gasteiger partial charge >= 0.3 is 0 Å². The lowest BCUT2D eigenvalue weighted by Gasteiger charge is -2.32. The summed E-state index contributed by atoms with van der Waals surface area (Å²) >= 11 is 0. The molecule has 0 amide bonds. The Morgan fingerprint density at radius 3 is 1.07 bits per heavy atom. The van der Waals surface area contributed by atoms with Crippen molar-refractivity contribution in [1.82, 2.24) is 0 Å². The molecule has 0 radical (unpaired) electrons. The van der Waals surface area contributed by atoms with Crippen molar-refractivity contribution in [3.63, 3.8) is 0 Å². The highest BCUT2D eigenvalue weighted by molar-refractivity contribution is 7.86. The summed E-state index contributed by atoms with van der Waals surface area (Å²) < 4.78 is 34.8. The van der Waals surface area contributed by atoms with Crippen LogP contribution in [0.2, 0.25) is 0 Å². The van der Waals surface area contributed by atoms with Crippen molar-refractivity contribution >= 4 is 21.5 Å². The van der Waals surface area contributed by atoms with Gasteiger partial charge in [-0.05, 0) is 10.8 Å². The number of hydrogen-bond acceptors (Lipinski definition) is 6. The number of nitro benzene ring substituents is 2. The zero-order valence-corrected chi connectivity index (χ0v) is 18.5. The Balaban J connectivity index is 4.81. The second-order valence-corrected chi connectivity index (χ2v) is 11.2. The largest absolute Gasteiger partial charge is 0.295 e. The standard InChI is InChI=1S/C18H28N2O7S/c1-16(2,3)10-13(19(21)22)11(17(4,5)6)15(28(25,26)27)12(18(7,8)9)14(10)20(23)24/h1-9H3,(H,25,26,27). The van der Waals surface area contributed by atoms with Crippen LogP contribution in [0.5, 0.6) is 0 Å². The Morgan fingerprint density at radius 1 is 0.679 bits per heavy atom. The molecule has 9 nitrogen and oxygen atoms in total. The van der Waals surface area contributed by atoms with Gasteiger partial charge < -0.3 is 0 Å². The minimum atomic E-state index is -5.01. The summed E-state index contributed by atoms with van der Waals surface area (Å²) in [6.45, 7) is 14.2. The lowest BCUT2D eigenvalue weighted by molar-refractivity contribution is -0.398. The fraction of sp³-hybridized carbons (Fsp3) is 0.667. The van der Waals surface area contributed by atoms with Crippen molar-refractivity contribution in [2.45, 2.75) is 83.5 Å². The van der Waals surface area contributed by atoms with Crippen molar-refractivity contribution in [1.29, 1.82) is 0 Å². The molecular formula is C18H28N2O7S. The summed E-state index contributed by atoms with van der Waals surface area (Å²) in [6.07, 6.45) is 0. The Morgan fingerprint density at radius 2 is 0.929 bits per heavy atom. The molecule has 0 spiro atoms. The van der Waals surface area contributed by atoms with Crippen LogP contribution < -0.4 is 0 Å². The molecule has 0 aromatic heterocycles. The van der Waals surface area contributed by atoms with Crippen LogP contribution in [0.1, 0.15) is 79.0 Å². The first-order valence-corrected chi connectivity index (χ1v) is 10.1. The maximum atomic E-state index is 12.4. The minimum Gasteiger partial charge on any atom is -0.282 e. The first-order chi connectivity index (χ1) is 12.1. The van der Waals surface area contributed by atoms with E-state index in [0.29, 0.717) is 0 Å². The molecule has 10 heteroatoms. The van der Waals surface area contributed by atoms with E-state index in [9.17, 15) is 33.2 Å². The second kappa shape index (κ2) is 6.77. The predicted octanol–water partition coefficient (Wildman–Crippen LogP) is 4.64. The number of rotatable bonds is 3. The van der Waals surface area contributed by atoms with Crippen molar-refractivity contribution in [2.75, 3.05) is 0 Å². The minimum absolute atomic E-state index is 0.162. The van der Waals surface area contributed by atoms with E-state index >= 15 is 0 Å². The van der Waals surface area contributed by atoms with Crippen LogP contribution in [0.4, 0.5) is 11.4 Å². The fourth-order valence-electron chi connectivity index (χ4n) is 3.43. The third-order valence-electron chi connectivity index (χ3n) is 4.27. The lowest BCUT2D eigenvalue weighted by Crippen LogP contribution is -2.30. The van der Waals surface area contributed by atoms with Crippen molar-refractivity contribution in [3.8, 4) is 0 Å². The molecule has 0 aliphatic heterocycles. The second-order valence-electron chi connectivity index (χ2n) is 9.89. The van der Waals surface area contributed by atoms with Crippen LogP contribution in [0.15, 0.2) is 4.90 Å². The summed E-state index contributed by atoms with van der Waals surface area (Å²) in [5, 5.41) is 24.1. The molecular weight excluding hydrogens is 388 g/mol. The van der Waals surface area contributed by atoms with Gasteiger partial charge in [0.1, 0.15) is 10.5 Å². The Kier molecular flexibility index (Phi) is 5.79. The monoisotopic (exact) mass is 416 g/mol. The highest BCUT2D eigenvalue weighted by atomic mass is 32.2. The van der Waals surface area contributed by atoms with Crippen LogP contribution in [0, 0.1) is 20.2 Å². The summed E-state index contributed by atoms with van der Waals surface area (Å²) in [4.78, 5) is 21.8. The highest BCUT2D eigenvalue weighted by Gasteiger charge is 2.49. The van der Waals surface area contributed by atoms with Gasteiger partial charge in [0.2, 0.25) is 0 Å². The van der Waals surface area contributed by atoms with Gasteiger partial charge in [0.15, 0.2) is 0 Å². The Labute approximate surface area is 165 Å². The van der Waals surface area contributed by atoms with Gasteiger partial charge in [0.05, 0.1) is 21.0 Å². The third-order valence-corrected chi connectivity index (χ3v) is 5.20. The molecule has 0 saturated heterocycles. The first-order valence-electron chi connectivity index (χ1n) is 8.65. The van der Waals surface area contributed by atoms with Crippen LogP contribution in [0.25, 0.3) is 0 Å². The van der Waals surface area contributed by atoms with E-state index in [4.69, 9.17) is 0 Å². The molecule has 0 heterocycles. The quantitative estimate of drug-likeness (QED) is 0.430. The third kappa shape index (κ3) is 4.33. The number of nitrogens with zero attached hydrogens (tertiary/aromatic N) is 2. The van der Waals surface area contributed by atoms with Gasteiger partial charge in [-0.25, -0.2) is 0 Å². The van der Waals surface area contributed by atoms with Crippen LogP contribution >= 0.6 is 0 Å². The first kappa shape index (κ1) is 24.0. The van der Waals surface area contributed by atoms with E-state index in [1.54, 1.807) is 62.3 Å². The predicted molar refractivity (Wildman–Crippen MR) is 106 cm³/mol. The van der Waals surface area contributed by atoms with Crippen molar-refractivity contribution in [3.05, 3.63) is 36.9 Å². The molecule has 158 valence electrons. The number of benzene rings is 1. The molecule has 0 fully saturated rings. The van der Waals surface area contributed by atoms with Crippen LogP contribution in [-0.4, -0.2) is 22.8 Å². The number of nitro groups is 2. The summed E-state index contributed by atoms with van der Waals surface area (Å²) in [6, 6.07) is 0. The Hall–Kier alpha value is -2.07. The van der Waals surface area contributed by atoms with E-state index in [-0.39, 0.29) is 16.7 Å². The van der Waals surface area contributed by atoms with Gasteiger partial charge in [-0.15, -0.1) is 0 Å². The van der Waals surface area contributed by atoms with Crippen LogP contribution in [0.3, 0.4) is 0 Å². The zero-order valence-electron chi connectivity index (χ0n) is 17.7. The molecule has 28 heavy (non-hydrogen) atoms. The fourth-order valence-corrected chi connectivity index (χ4v) is 4.75. The molecule has 0 aliphatic rings. The Bertz CT molecular complexity index is 891. The summed E-state index contributed by atoms with van der Waals surface area (Å²) in [7, 11) is -5.01. The van der Waals surface area contributed by atoms with Gasteiger partial charge in [0.25, 0.3) is 21.5 Å². The summed E-state index contributed by atoms with van der Waals surface area (Å²) in [5.41, 5.74) is -5.15. The zero-order chi connectivity index (χ0) is 22.6. The molecule has 0 unspecified atom stereocenters. The van der Waals surface area contributed by atoms with Crippen molar-refractivity contribution < 1.29 is 22.8 Å². The molecule has 1 rings (SSSR count). The van der Waals surface area contributed by atoms with E-state index in [0.717, 1.165) is 0 Å². The molecule has 1 N–H and O–H groups in total. The van der Waals surface area contributed by atoms with E-state index in [2.05, 4.69) is 0 Å². The van der Waals surface area contributed by atoms with Crippen LogP contribution in [-0.2, 0) is 26.4 Å². The van der Waals surface area contributed by atoms with Gasteiger partial charge in [-0.2, -0.15) is 8.42 Å². The van der Waals surface area contributed by atoms with Crippen molar-refractivity contribution in [2.24, 2.45) is 0 Å². The average Bonchev–Trinajstić information content (AvgIpc) is 2.39. The SMILES string of the molecule is CC(C)(C)c1c([N+](=O)[O-])c(C(C)(C)C)c(S(=O)(=O)O)c(C(C)(C)C)c1[N+](=O)[O-]. The average molecular weight is 416 g/mol. The van der Waals surface area contributed by atoms with Gasteiger partial charge in [-0.1, -0.05) is 62.3 Å². The summed E-state index contributed by atoms with van der Waals surface area (Å²) in [5.74, 6) is 0. The van der Waals surface area contributed by atoms with Gasteiger partial charge in [0, 0.05) is 5.41 Å². The molecule has 0 atom stereocenters. The highest BCUT2D eigenvalue weighted by Crippen LogP contribution is 2.52. The smallest absolute Gasteiger partial charge is 0.282 e. The van der Waals surface area contributed by atoms with E-state index in [1.165, 1.54) is 0 Å². The molecule has 0 aliphatic carbocycles. The molecule has 0 bridgehead atoms. The number of hydrogen-bond donors (Lipinski definition) is 1. The van der Waals surface area contributed by atoms with Gasteiger partial charge in [-0.3, -0.25) is 24.8 Å². The lowest BCUT2D eigenvalue weighted by atomic mass is 9.72.